The second-order valence-corrected chi connectivity index (χ2v) is 32.0. The number of benzene rings is 5. The summed E-state index contributed by atoms with van der Waals surface area (Å²) in [6, 6.07) is 52.7. The van der Waals surface area contributed by atoms with E-state index < -0.39 is 11.8 Å². The van der Waals surface area contributed by atoms with Gasteiger partial charge in [0, 0.05) is 48.7 Å². The maximum absolute atomic E-state index is 13.0. The molecule has 5 aromatic carbocycles. The molecule has 3 aliphatic rings. The monoisotopic (exact) mass is 2020 g/mol. The first-order valence-corrected chi connectivity index (χ1v) is 47.6. The number of hydrogen-bond donors (Lipinski definition) is 0. The summed E-state index contributed by atoms with van der Waals surface area (Å²) in [7, 11) is 0. The molecule has 774 valence electrons. The number of allylic oxidation sites excluding steroid dienone is 16. The molecule has 7 heterocycles. The van der Waals surface area contributed by atoms with Gasteiger partial charge in [0.1, 0.15) is 112 Å². The topological polar surface area (TPSA) is 339 Å². The first-order chi connectivity index (χ1) is 72.4. The number of pyridine rings is 5. The molecule has 0 radical (unpaired) electrons. The SMILES string of the molecule is Cc1ccc(/C=C/C=O)c(F)c1.Cc1ccc(/C=C/C=O)cc1.Cc1ccc(/C=C/C=O)cc1.Cc1ccc(/C=C/C=O)cc1.Cc1ccc(/C=C/C=O)nc1.Cc1ccc(/C=C/C=O)nc1F.Cc1ccccc1/C=C/C=O.Cc1cncc(/C=C/C=O)c1.O=C/C=C/C1CCCC1.O=C/C=C/C1CCCCC1.O=C/C=C/C1CCCCO1.O=C/C=C/c1ccccn1.O=C/C=C/c1cncc(F)c1.O=C/C=C/c1cocn1. The summed E-state index contributed by atoms with van der Waals surface area (Å²) < 4.78 is 48.2. The van der Waals surface area contributed by atoms with E-state index in [2.05, 4.69) is 34.3 Å². The maximum Gasteiger partial charge on any atom is 0.216 e. The van der Waals surface area contributed by atoms with Crippen molar-refractivity contribution >= 4 is 155 Å². The molecule has 0 amide bonds. The maximum atomic E-state index is 13.0. The molecule has 1 saturated heterocycles. The standard InChI is InChI=1S/C10H9FO.4C10H10O.C9H8FNO.2C9H9NO.C9H14O.C8H6FNO.C8H7NO.C8H12O2.C8H12O.C6H5NO2/c1-8-4-5-9(3-2-6-12)10(11)7-8;3*1-9-4-6-10(7-5-9)3-2-8-11;1-9-5-2-3-6-10(9)7-4-8-11;1-7-4-5-8(3-2-6-12)11-9(7)10;1-8-4-5-9(10-7-8)3-2-6-11;1-8-5-9(3-2-4-11)7-10-6-8;10-8-4-7-9-5-2-1-3-6-9;9-8-4-7(2-1-3-11)5-10-6-8;10-7-3-5-8-4-1-2-6-9-8;9-6-3-5-8-4-1-2-7-10-8;9-7-3-6-8-4-1-2-5-8;8-3-1-2-6-4-9-5-7-6/h2-7H,1H3;4*2-8H,1H3;2-6H,1H3;2*2-7H,1H3;4,7-9H,1-3,5-6H2;1-6H;1-7H;3,5-6,8H,1-2,4,7H2;3,6-8H,1-2,4-5H2;1-5H/b4*3-2+;7-4+;3*3-2+;7-4+;2-1+;2*5-3+;6-3+;2-1+. The molecule has 0 N–H and O–H groups in total. The zero-order valence-electron chi connectivity index (χ0n) is 85.3. The highest BCUT2D eigenvalue weighted by atomic mass is 19.1. The summed E-state index contributed by atoms with van der Waals surface area (Å²) in [4.78, 5) is 162. The molecular formula is C124H131F3N6O16. The molecule has 149 heavy (non-hydrogen) atoms. The van der Waals surface area contributed by atoms with Crippen molar-refractivity contribution < 1.29 is 89.4 Å². The second kappa shape index (κ2) is 89.4. The molecule has 0 bridgehead atoms. The minimum atomic E-state index is -0.497. The molecule has 11 aromatic rings. The highest BCUT2D eigenvalue weighted by molar-refractivity contribution is 5.79. The van der Waals surface area contributed by atoms with E-state index in [4.69, 9.17) is 4.74 Å². The Hall–Kier alpha value is -17.5. The van der Waals surface area contributed by atoms with Crippen LogP contribution in [0.3, 0.4) is 0 Å². The lowest BCUT2D eigenvalue weighted by atomic mass is 9.89. The Morgan fingerprint density at radius 3 is 1.09 bits per heavy atom. The van der Waals surface area contributed by atoms with Gasteiger partial charge in [-0.15, -0.1) is 0 Å². The second-order valence-electron chi connectivity index (χ2n) is 32.0. The summed E-state index contributed by atoms with van der Waals surface area (Å²) in [5.74, 6) is 0.198. The fourth-order valence-corrected chi connectivity index (χ4v) is 12.3. The zero-order valence-corrected chi connectivity index (χ0v) is 85.3. The molecule has 1 atom stereocenters. The number of carbonyl (C=O) groups is 14. The first-order valence-electron chi connectivity index (χ1n) is 47.6. The fourth-order valence-electron chi connectivity index (χ4n) is 12.3. The van der Waals surface area contributed by atoms with Crippen molar-refractivity contribution in [2.45, 2.75) is 139 Å². The lowest BCUT2D eigenvalue weighted by molar-refractivity contribution is -0.104. The van der Waals surface area contributed by atoms with Crippen molar-refractivity contribution in [2.24, 2.45) is 11.8 Å². The summed E-state index contributed by atoms with van der Waals surface area (Å²) in [5, 5.41) is 0. The lowest BCUT2D eigenvalue weighted by Gasteiger charge is -2.18. The van der Waals surface area contributed by atoms with Crippen LogP contribution in [-0.2, 0) is 71.9 Å². The number of rotatable bonds is 28. The van der Waals surface area contributed by atoms with Crippen LogP contribution < -0.4 is 0 Å². The van der Waals surface area contributed by atoms with Gasteiger partial charge in [-0.05, 0) is 326 Å². The van der Waals surface area contributed by atoms with E-state index in [9.17, 15) is 80.3 Å². The summed E-state index contributed by atoms with van der Waals surface area (Å²) in [6.07, 6.45) is 82.5. The van der Waals surface area contributed by atoms with E-state index in [-0.39, 0.29) is 11.9 Å². The van der Waals surface area contributed by atoms with Gasteiger partial charge in [0.2, 0.25) is 5.95 Å². The van der Waals surface area contributed by atoms with Crippen molar-refractivity contribution in [3.8, 4) is 0 Å². The Balaban J connectivity index is 0.000000803. The number of halogens is 3. The number of hydrogen-bond acceptors (Lipinski definition) is 22. The van der Waals surface area contributed by atoms with Crippen LogP contribution in [0.4, 0.5) is 13.2 Å². The molecule has 1 aliphatic heterocycles. The highest BCUT2D eigenvalue weighted by Crippen LogP contribution is 2.26. The van der Waals surface area contributed by atoms with Crippen LogP contribution in [0.15, 0.2) is 327 Å². The van der Waals surface area contributed by atoms with Gasteiger partial charge in [0.15, 0.2) is 6.39 Å². The Bertz CT molecular complexity index is 5770. The number of nitrogens with zero attached hydrogens (tertiary/aromatic N) is 6. The average molecular weight is 2020 g/mol. The first kappa shape index (κ1) is 130. The van der Waals surface area contributed by atoms with Crippen molar-refractivity contribution in [3.05, 3.63) is 447 Å². The molecule has 25 heteroatoms. The van der Waals surface area contributed by atoms with Gasteiger partial charge >= 0.3 is 0 Å². The number of oxazole rings is 1. The number of ether oxygens (including phenoxy) is 1. The molecular weight excluding hydrogens is 1890 g/mol. The lowest BCUT2D eigenvalue weighted by Crippen LogP contribution is -2.16. The van der Waals surface area contributed by atoms with Crippen molar-refractivity contribution in [1.82, 2.24) is 29.9 Å². The highest BCUT2D eigenvalue weighted by Gasteiger charge is 2.12. The van der Waals surface area contributed by atoms with Gasteiger partial charge in [0.05, 0.1) is 29.4 Å². The predicted molar refractivity (Wildman–Crippen MR) is 591 cm³/mol. The van der Waals surface area contributed by atoms with Crippen LogP contribution in [0.1, 0.15) is 183 Å². The summed E-state index contributed by atoms with van der Waals surface area (Å²) in [6.45, 7) is 16.4. The normalized spacial score (nSPS) is 12.8. The Labute approximate surface area is 872 Å². The van der Waals surface area contributed by atoms with Crippen LogP contribution in [0.5, 0.6) is 0 Å². The quantitative estimate of drug-likeness (QED) is 0.0250. The van der Waals surface area contributed by atoms with Gasteiger partial charge in [-0.25, -0.2) is 18.7 Å². The van der Waals surface area contributed by atoms with Gasteiger partial charge in [-0.3, -0.25) is 87.1 Å². The largest absolute Gasteiger partial charge is 0.451 e. The van der Waals surface area contributed by atoms with Crippen LogP contribution in [-0.4, -0.2) is 131 Å². The van der Waals surface area contributed by atoms with E-state index in [0.29, 0.717) is 65.1 Å². The summed E-state index contributed by atoms with van der Waals surface area (Å²) >= 11 is 0. The molecule has 22 nitrogen and oxygen atoms in total. The Morgan fingerprint density at radius 2 is 0.678 bits per heavy atom. The average Bonchev–Trinajstić information content (AvgIpc) is 1.02. The molecule has 6 aromatic heterocycles. The van der Waals surface area contributed by atoms with Crippen molar-refractivity contribution in [2.75, 3.05) is 6.61 Å². The van der Waals surface area contributed by atoms with Crippen molar-refractivity contribution in [1.29, 1.82) is 0 Å². The number of aldehydes is 14. The number of aryl methyl sites for hydroxylation is 8. The van der Waals surface area contributed by atoms with Gasteiger partial charge in [-0.1, -0.05) is 231 Å². The Kier molecular flexibility index (Phi) is 77.7. The third kappa shape index (κ3) is 71.6. The Morgan fingerprint density at radius 1 is 0.282 bits per heavy atom. The molecule has 3 fully saturated rings. The van der Waals surface area contributed by atoms with E-state index in [0.717, 1.165) is 144 Å². The molecule has 0 spiro atoms. The van der Waals surface area contributed by atoms with Crippen LogP contribution in [0.25, 0.3) is 66.8 Å². The van der Waals surface area contributed by atoms with E-state index in [1.165, 1.54) is 209 Å². The third-order valence-electron chi connectivity index (χ3n) is 19.8. The molecule has 2 saturated carbocycles. The van der Waals surface area contributed by atoms with Crippen LogP contribution in [0, 0.1) is 84.8 Å². The molecule has 14 rings (SSSR count). The van der Waals surface area contributed by atoms with Gasteiger partial charge in [-0.2, -0.15) is 4.39 Å². The van der Waals surface area contributed by atoms with E-state index in [1.54, 1.807) is 111 Å². The number of aromatic nitrogens is 6. The minimum Gasteiger partial charge on any atom is -0.451 e. The minimum absolute atomic E-state index is 0.193. The zero-order chi connectivity index (χ0) is 109. The van der Waals surface area contributed by atoms with E-state index in [1.807, 2.05) is 206 Å². The van der Waals surface area contributed by atoms with Crippen LogP contribution >= 0.6 is 0 Å². The fraction of sp³-hybridized carbons (Fsp3) is 0.194. The summed E-state index contributed by atoms with van der Waals surface area (Å²) in [5.41, 5.74) is 17.4. The third-order valence-corrected chi connectivity index (χ3v) is 19.8. The molecule has 1 unspecified atom stereocenters. The van der Waals surface area contributed by atoms with Gasteiger partial charge in [0.25, 0.3) is 0 Å². The van der Waals surface area contributed by atoms with E-state index >= 15 is 0 Å². The smallest absolute Gasteiger partial charge is 0.216 e. The molecule has 2 aliphatic carbocycles. The predicted octanol–water partition coefficient (Wildman–Crippen LogP) is 25.3. The number of carbonyl (C=O) groups excluding carboxylic acids is 14. The van der Waals surface area contributed by atoms with Crippen LogP contribution in [0.2, 0.25) is 0 Å². The van der Waals surface area contributed by atoms with Crippen molar-refractivity contribution in [3.63, 3.8) is 0 Å². The van der Waals surface area contributed by atoms with Gasteiger partial charge < -0.3 is 9.15 Å².